The van der Waals surface area contributed by atoms with E-state index < -0.39 is 6.10 Å². The predicted octanol–water partition coefficient (Wildman–Crippen LogP) is 4.26. The van der Waals surface area contributed by atoms with Crippen molar-refractivity contribution in [1.82, 2.24) is 0 Å². The Balaban J connectivity index is 2.26. The summed E-state index contributed by atoms with van der Waals surface area (Å²) in [7, 11) is 0. The third kappa shape index (κ3) is 3.35. The van der Waals surface area contributed by atoms with Gasteiger partial charge in [0.1, 0.15) is 0 Å². The van der Waals surface area contributed by atoms with Gasteiger partial charge in [0.15, 0.2) is 0 Å². The van der Waals surface area contributed by atoms with Gasteiger partial charge < -0.3 is 5.11 Å². The van der Waals surface area contributed by atoms with Crippen molar-refractivity contribution >= 4 is 27.5 Å². The van der Waals surface area contributed by atoms with Gasteiger partial charge in [-0.3, -0.25) is 0 Å². The fraction of sp³-hybridized carbons (Fsp3) is 0.200. The lowest BCUT2D eigenvalue weighted by Gasteiger charge is -2.10. The smallest absolute Gasteiger partial charge is 0.0715 e. The second-order valence-corrected chi connectivity index (χ2v) is 5.36. The van der Waals surface area contributed by atoms with E-state index in [2.05, 4.69) is 34.1 Å². The van der Waals surface area contributed by atoms with Crippen molar-refractivity contribution < 1.29 is 5.11 Å². The summed E-state index contributed by atoms with van der Waals surface area (Å²) in [6.07, 6.45) is 0.0955. The van der Waals surface area contributed by atoms with Gasteiger partial charge in [0.2, 0.25) is 0 Å². The van der Waals surface area contributed by atoms with Crippen LogP contribution in [0.1, 0.15) is 5.56 Å². The Kier molecular flexibility index (Phi) is 4.81. The SMILES string of the molecule is OC(CCl)Cc1ccc(-c2ccccc2)c(Br)c1. The molecule has 0 saturated carbocycles. The van der Waals surface area contributed by atoms with E-state index in [1.807, 2.05) is 30.3 Å². The lowest BCUT2D eigenvalue weighted by atomic mass is 10.0. The molecule has 1 atom stereocenters. The fourth-order valence-corrected chi connectivity index (χ4v) is 2.63. The molecule has 1 unspecified atom stereocenters. The Labute approximate surface area is 121 Å². The summed E-state index contributed by atoms with van der Waals surface area (Å²) in [5.41, 5.74) is 3.41. The van der Waals surface area contributed by atoms with Gasteiger partial charge in [-0.2, -0.15) is 0 Å². The molecular formula is C15H14BrClO. The van der Waals surface area contributed by atoms with E-state index in [1.54, 1.807) is 0 Å². The number of rotatable bonds is 4. The van der Waals surface area contributed by atoms with E-state index in [4.69, 9.17) is 11.6 Å². The molecule has 0 amide bonds. The van der Waals surface area contributed by atoms with Crippen molar-refractivity contribution in [3.05, 3.63) is 58.6 Å². The number of aliphatic hydroxyl groups excluding tert-OH is 1. The molecule has 18 heavy (non-hydrogen) atoms. The quantitative estimate of drug-likeness (QED) is 0.833. The summed E-state index contributed by atoms with van der Waals surface area (Å²) < 4.78 is 1.04. The van der Waals surface area contributed by atoms with Gasteiger partial charge in [-0.15, -0.1) is 11.6 Å². The molecule has 0 aliphatic carbocycles. The number of hydrogen-bond donors (Lipinski definition) is 1. The molecule has 0 fully saturated rings. The molecule has 0 saturated heterocycles. The van der Waals surface area contributed by atoms with Crippen LogP contribution in [-0.2, 0) is 6.42 Å². The molecule has 0 aliphatic rings. The zero-order valence-electron chi connectivity index (χ0n) is 9.81. The molecule has 0 heterocycles. The van der Waals surface area contributed by atoms with Crippen LogP contribution in [0.25, 0.3) is 11.1 Å². The summed E-state index contributed by atoms with van der Waals surface area (Å²) in [6, 6.07) is 16.3. The molecule has 0 bridgehead atoms. The van der Waals surface area contributed by atoms with E-state index in [0.717, 1.165) is 15.6 Å². The van der Waals surface area contributed by atoms with E-state index >= 15 is 0 Å². The third-order valence-corrected chi connectivity index (χ3v) is 3.78. The first-order valence-electron chi connectivity index (χ1n) is 5.78. The molecule has 2 rings (SSSR count). The molecule has 94 valence electrons. The van der Waals surface area contributed by atoms with Gasteiger partial charge >= 0.3 is 0 Å². The Morgan fingerprint density at radius 2 is 1.83 bits per heavy atom. The largest absolute Gasteiger partial charge is 0.392 e. The van der Waals surface area contributed by atoms with E-state index in [-0.39, 0.29) is 5.88 Å². The summed E-state index contributed by atoms with van der Waals surface area (Å²) in [6.45, 7) is 0. The highest BCUT2D eigenvalue weighted by Gasteiger charge is 2.07. The number of hydrogen-bond acceptors (Lipinski definition) is 1. The average molecular weight is 326 g/mol. The molecule has 0 aromatic heterocycles. The van der Waals surface area contributed by atoms with Crippen LogP contribution in [0.5, 0.6) is 0 Å². The second-order valence-electron chi connectivity index (χ2n) is 4.19. The molecule has 2 aromatic rings. The second kappa shape index (κ2) is 6.37. The highest BCUT2D eigenvalue weighted by molar-refractivity contribution is 9.10. The molecule has 2 aromatic carbocycles. The number of benzene rings is 2. The predicted molar refractivity (Wildman–Crippen MR) is 80.0 cm³/mol. The van der Waals surface area contributed by atoms with Gasteiger partial charge in [-0.25, -0.2) is 0 Å². The summed E-state index contributed by atoms with van der Waals surface area (Å²) in [5, 5.41) is 9.54. The van der Waals surface area contributed by atoms with Crippen molar-refractivity contribution in [3.8, 4) is 11.1 Å². The van der Waals surface area contributed by atoms with Crippen molar-refractivity contribution in [3.63, 3.8) is 0 Å². The lowest BCUT2D eigenvalue weighted by Crippen LogP contribution is -2.11. The van der Waals surface area contributed by atoms with Gasteiger partial charge in [0.05, 0.1) is 6.10 Å². The number of aliphatic hydroxyl groups is 1. The van der Waals surface area contributed by atoms with Crippen LogP contribution in [0.15, 0.2) is 53.0 Å². The minimum atomic E-state index is -0.485. The highest BCUT2D eigenvalue weighted by Crippen LogP contribution is 2.29. The molecule has 1 nitrogen and oxygen atoms in total. The minimum Gasteiger partial charge on any atom is -0.392 e. The summed E-state index contributed by atoms with van der Waals surface area (Å²) >= 11 is 9.19. The fourth-order valence-electron chi connectivity index (χ4n) is 1.86. The van der Waals surface area contributed by atoms with Crippen LogP contribution in [-0.4, -0.2) is 17.1 Å². The standard InChI is InChI=1S/C15H14BrClO/c16-15-9-11(8-13(18)10-17)6-7-14(15)12-4-2-1-3-5-12/h1-7,9,13,18H,8,10H2. The molecule has 1 N–H and O–H groups in total. The highest BCUT2D eigenvalue weighted by atomic mass is 79.9. The summed E-state index contributed by atoms with van der Waals surface area (Å²) in [5.74, 6) is 0.262. The first kappa shape index (κ1) is 13.6. The van der Waals surface area contributed by atoms with Crippen molar-refractivity contribution in [2.24, 2.45) is 0 Å². The van der Waals surface area contributed by atoms with Crippen molar-refractivity contribution in [2.45, 2.75) is 12.5 Å². The first-order valence-corrected chi connectivity index (χ1v) is 7.11. The zero-order chi connectivity index (χ0) is 13.0. The van der Waals surface area contributed by atoms with Gasteiger partial charge in [-0.1, -0.05) is 58.4 Å². The topological polar surface area (TPSA) is 20.2 Å². The Morgan fingerprint density at radius 1 is 1.11 bits per heavy atom. The van der Waals surface area contributed by atoms with Gasteiger partial charge in [-0.05, 0) is 29.2 Å². The van der Waals surface area contributed by atoms with Crippen LogP contribution in [0.4, 0.5) is 0 Å². The zero-order valence-corrected chi connectivity index (χ0v) is 12.2. The summed E-state index contributed by atoms with van der Waals surface area (Å²) in [4.78, 5) is 0. The maximum atomic E-state index is 9.54. The van der Waals surface area contributed by atoms with E-state index in [1.165, 1.54) is 5.56 Å². The monoisotopic (exact) mass is 324 g/mol. The average Bonchev–Trinajstić information content (AvgIpc) is 2.40. The number of halogens is 2. The molecular weight excluding hydrogens is 312 g/mol. The van der Waals surface area contributed by atoms with Crippen molar-refractivity contribution in [1.29, 1.82) is 0 Å². The lowest BCUT2D eigenvalue weighted by molar-refractivity contribution is 0.199. The maximum Gasteiger partial charge on any atom is 0.0715 e. The molecule has 0 aliphatic heterocycles. The van der Waals surface area contributed by atoms with Gasteiger partial charge in [0, 0.05) is 10.4 Å². The Bertz CT molecular complexity index is 513. The molecule has 3 heteroatoms. The first-order chi connectivity index (χ1) is 8.70. The maximum absolute atomic E-state index is 9.54. The van der Waals surface area contributed by atoms with Crippen LogP contribution >= 0.6 is 27.5 Å². The van der Waals surface area contributed by atoms with Crippen LogP contribution in [0, 0.1) is 0 Å². The minimum absolute atomic E-state index is 0.262. The van der Waals surface area contributed by atoms with Gasteiger partial charge in [0.25, 0.3) is 0 Å². The Hall–Kier alpha value is -0.830. The Morgan fingerprint density at radius 3 is 2.44 bits per heavy atom. The van der Waals surface area contributed by atoms with Crippen molar-refractivity contribution in [2.75, 3.05) is 5.88 Å². The van der Waals surface area contributed by atoms with E-state index in [0.29, 0.717) is 6.42 Å². The molecule has 0 radical (unpaired) electrons. The van der Waals surface area contributed by atoms with Crippen LogP contribution in [0.3, 0.4) is 0 Å². The van der Waals surface area contributed by atoms with E-state index in [9.17, 15) is 5.11 Å². The number of alkyl halides is 1. The van der Waals surface area contributed by atoms with Crippen LogP contribution in [0.2, 0.25) is 0 Å². The molecule has 0 spiro atoms. The third-order valence-electron chi connectivity index (χ3n) is 2.77. The normalized spacial score (nSPS) is 12.4. The van der Waals surface area contributed by atoms with Crippen LogP contribution < -0.4 is 0 Å².